The van der Waals surface area contributed by atoms with Crippen molar-refractivity contribution in [2.75, 3.05) is 0 Å². The van der Waals surface area contributed by atoms with Crippen molar-refractivity contribution in [3.63, 3.8) is 0 Å². The molecule has 0 aliphatic carbocycles. The summed E-state index contributed by atoms with van der Waals surface area (Å²) in [6, 6.07) is 7.04. The van der Waals surface area contributed by atoms with Gasteiger partial charge in [0, 0.05) is 32.7 Å². The van der Waals surface area contributed by atoms with Crippen molar-refractivity contribution >= 4 is 15.9 Å². The predicted molar refractivity (Wildman–Crippen MR) is 47.1 cm³/mol. The van der Waals surface area contributed by atoms with Gasteiger partial charge in [0.2, 0.25) is 0 Å². The second-order valence-corrected chi connectivity index (χ2v) is 3.17. The summed E-state index contributed by atoms with van der Waals surface area (Å²) >= 11 is 3.48. The van der Waals surface area contributed by atoms with E-state index >= 15 is 0 Å². The fourth-order valence-corrected chi connectivity index (χ4v) is 1.78. The van der Waals surface area contributed by atoms with Crippen LogP contribution in [0.25, 0.3) is 0 Å². The van der Waals surface area contributed by atoms with E-state index < -0.39 is 0 Å². The molecule has 57 valence electrons. The molecule has 0 aliphatic rings. The summed E-state index contributed by atoms with van der Waals surface area (Å²) in [7, 11) is 0. The van der Waals surface area contributed by atoms with Crippen LogP contribution in [0.15, 0.2) is 16.6 Å². The van der Waals surface area contributed by atoms with E-state index in [0.717, 1.165) is 6.42 Å². The third-order valence-corrected chi connectivity index (χ3v) is 2.34. The summed E-state index contributed by atoms with van der Waals surface area (Å²) < 4.78 is 1.18. The maximum absolute atomic E-state index is 3.48. The minimum Gasteiger partial charge on any atom is -0.182 e. The van der Waals surface area contributed by atoms with Crippen molar-refractivity contribution in [3.05, 3.63) is 33.8 Å². The zero-order valence-corrected chi connectivity index (χ0v) is 11.2. The normalized spacial score (nSPS) is 9.00. The van der Waals surface area contributed by atoms with E-state index in [1.54, 1.807) is 0 Å². The maximum atomic E-state index is 3.48. The van der Waals surface area contributed by atoms with Crippen LogP contribution < -0.4 is 0 Å². The molecule has 0 nitrogen and oxygen atoms in total. The van der Waals surface area contributed by atoms with Gasteiger partial charge in [0.05, 0.1) is 0 Å². The minimum absolute atomic E-state index is 0. The summed E-state index contributed by atoms with van der Waals surface area (Å²) in [6.07, 6.45) is 1.08. The third-order valence-electron chi connectivity index (χ3n) is 1.63. The summed E-state index contributed by atoms with van der Waals surface area (Å²) in [5.74, 6) is 0. The third kappa shape index (κ3) is 2.97. The molecule has 1 rings (SSSR count). The number of aryl methyl sites for hydroxylation is 1. The Bertz CT molecular complexity index is 213. The van der Waals surface area contributed by atoms with Gasteiger partial charge in [0.15, 0.2) is 0 Å². The Morgan fingerprint density at radius 3 is 2.45 bits per heavy atom. The van der Waals surface area contributed by atoms with Crippen LogP contribution >= 0.6 is 15.9 Å². The first-order valence-corrected chi connectivity index (χ1v) is 4.20. The largest absolute Gasteiger partial charge is 0.182 e. The summed E-state index contributed by atoms with van der Waals surface area (Å²) in [5.41, 5.74) is 2.70. The van der Waals surface area contributed by atoms with Crippen LogP contribution in [0.5, 0.6) is 0 Å². The average molecular weight is 287 g/mol. The standard InChI is InChI=1S/C9H10Br.Y/c1-3-8-7(2)5-4-6-9(8)10;/h5-6H,3H2,1-2H3;/q-1;. The SMILES string of the molecule is CCc1c(C)c[c-]cc1Br.[Y]. The van der Waals surface area contributed by atoms with Gasteiger partial charge in [-0.05, 0) is 0 Å². The molecule has 0 atom stereocenters. The molecular weight excluding hydrogens is 277 g/mol. The molecule has 1 aromatic carbocycles. The molecule has 0 unspecified atom stereocenters. The molecular formula is C9H10BrY-. The minimum atomic E-state index is 0. The zero-order valence-electron chi connectivity index (χ0n) is 6.82. The molecule has 0 saturated heterocycles. The smallest absolute Gasteiger partial charge is 0 e. The Hall–Kier alpha value is 0.804. The van der Waals surface area contributed by atoms with Crippen molar-refractivity contribution < 1.29 is 32.7 Å². The molecule has 0 bridgehead atoms. The van der Waals surface area contributed by atoms with Gasteiger partial charge >= 0.3 is 0 Å². The zero-order chi connectivity index (χ0) is 7.56. The van der Waals surface area contributed by atoms with Crippen LogP contribution in [0.1, 0.15) is 18.1 Å². The number of hydrogen-bond acceptors (Lipinski definition) is 0. The molecule has 0 N–H and O–H groups in total. The molecule has 0 amide bonds. The van der Waals surface area contributed by atoms with Gasteiger partial charge in [-0.2, -0.15) is 23.8 Å². The van der Waals surface area contributed by atoms with Crippen molar-refractivity contribution in [1.82, 2.24) is 0 Å². The summed E-state index contributed by atoms with van der Waals surface area (Å²) in [5, 5.41) is 0. The van der Waals surface area contributed by atoms with Crippen LogP contribution in [0, 0.1) is 13.0 Å². The van der Waals surface area contributed by atoms with Crippen LogP contribution in [0.3, 0.4) is 0 Å². The van der Waals surface area contributed by atoms with Gasteiger partial charge in [-0.25, -0.2) is 0 Å². The van der Waals surface area contributed by atoms with Crippen LogP contribution in [0.4, 0.5) is 0 Å². The Balaban J connectivity index is 0.000001000. The van der Waals surface area contributed by atoms with Crippen LogP contribution in [0.2, 0.25) is 0 Å². The molecule has 0 aliphatic heterocycles. The van der Waals surface area contributed by atoms with Gasteiger partial charge in [0.1, 0.15) is 0 Å². The van der Waals surface area contributed by atoms with E-state index in [-0.39, 0.29) is 32.7 Å². The second-order valence-electron chi connectivity index (χ2n) is 2.32. The molecule has 11 heavy (non-hydrogen) atoms. The number of rotatable bonds is 1. The monoisotopic (exact) mass is 286 g/mol. The first-order chi connectivity index (χ1) is 4.75. The predicted octanol–water partition coefficient (Wildman–Crippen LogP) is 3.12. The molecule has 2 heteroatoms. The number of hydrogen-bond donors (Lipinski definition) is 0. The van der Waals surface area contributed by atoms with Crippen molar-refractivity contribution in [2.24, 2.45) is 0 Å². The Morgan fingerprint density at radius 1 is 1.45 bits per heavy atom. The van der Waals surface area contributed by atoms with Crippen molar-refractivity contribution in [2.45, 2.75) is 20.3 Å². The second kappa shape index (κ2) is 5.45. The van der Waals surface area contributed by atoms with Crippen LogP contribution in [-0.2, 0) is 39.1 Å². The van der Waals surface area contributed by atoms with E-state index in [2.05, 4.69) is 35.8 Å². The van der Waals surface area contributed by atoms with E-state index in [1.807, 2.05) is 12.1 Å². The molecule has 0 spiro atoms. The number of halogens is 1. The van der Waals surface area contributed by atoms with Gasteiger partial charge in [0.25, 0.3) is 0 Å². The Kier molecular flexibility index (Phi) is 5.85. The molecule has 0 aromatic heterocycles. The van der Waals surface area contributed by atoms with E-state index in [1.165, 1.54) is 15.6 Å². The van der Waals surface area contributed by atoms with Crippen LogP contribution in [-0.4, -0.2) is 0 Å². The van der Waals surface area contributed by atoms with Gasteiger partial charge in [-0.1, -0.05) is 24.7 Å². The van der Waals surface area contributed by atoms with Gasteiger partial charge in [-0.3, -0.25) is 0 Å². The summed E-state index contributed by atoms with van der Waals surface area (Å²) in [4.78, 5) is 0. The number of benzene rings is 1. The van der Waals surface area contributed by atoms with E-state index in [4.69, 9.17) is 0 Å². The molecule has 0 fully saturated rings. The fourth-order valence-electron chi connectivity index (χ4n) is 1.05. The maximum Gasteiger partial charge on any atom is 0 e. The average Bonchev–Trinajstić information content (AvgIpc) is 1.88. The van der Waals surface area contributed by atoms with Crippen molar-refractivity contribution in [1.29, 1.82) is 0 Å². The van der Waals surface area contributed by atoms with Gasteiger partial charge in [-0.15, -0.1) is 21.5 Å². The topological polar surface area (TPSA) is 0 Å². The Labute approximate surface area is 102 Å². The molecule has 0 saturated carbocycles. The molecule has 1 radical (unpaired) electrons. The first-order valence-electron chi connectivity index (χ1n) is 3.40. The fraction of sp³-hybridized carbons (Fsp3) is 0.333. The Morgan fingerprint density at radius 2 is 2.09 bits per heavy atom. The van der Waals surface area contributed by atoms with Gasteiger partial charge < -0.3 is 0 Å². The van der Waals surface area contributed by atoms with E-state index in [0.29, 0.717) is 0 Å². The first kappa shape index (κ1) is 11.8. The van der Waals surface area contributed by atoms with Crippen molar-refractivity contribution in [3.8, 4) is 0 Å². The van der Waals surface area contributed by atoms with E-state index in [9.17, 15) is 0 Å². The molecule has 0 heterocycles. The summed E-state index contributed by atoms with van der Waals surface area (Å²) in [6.45, 7) is 4.27. The molecule has 1 aromatic rings. The quantitative estimate of drug-likeness (QED) is 0.696.